The van der Waals surface area contributed by atoms with Gasteiger partial charge in [0.25, 0.3) is 5.91 Å². The highest BCUT2D eigenvalue weighted by atomic mass is 79.9. The number of hydrogen-bond donors (Lipinski definition) is 1. The van der Waals surface area contributed by atoms with Gasteiger partial charge in [-0.3, -0.25) is 4.79 Å². The van der Waals surface area contributed by atoms with Gasteiger partial charge in [0.15, 0.2) is 5.58 Å². The van der Waals surface area contributed by atoms with Crippen LogP contribution in [0.3, 0.4) is 0 Å². The first kappa shape index (κ1) is 19.5. The number of carbonyl (C=O) groups is 1. The lowest BCUT2D eigenvalue weighted by molar-refractivity contribution is 0.0936. The van der Waals surface area contributed by atoms with E-state index in [9.17, 15) is 4.79 Å². The zero-order valence-electron chi connectivity index (χ0n) is 16.7. The maximum Gasteiger partial charge on any atom is 0.252 e. The molecule has 0 radical (unpaired) electrons. The molecule has 2 aromatic heterocycles. The highest BCUT2D eigenvalue weighted by Gasteiger charge is 2.19. The van der Waals surface area contributed by atoms with Crippen molar-refractivity contribution in [3.05, 3.63) is 94.8 Å². The summed E-state index contributed by atoms with van der Waals surface area (Å²) in [6.45, 7) is 1.86. The van der Waals surface area contributed by atoms with Gasteiger partial charge in [0.2, 0.25) is 5.89 Å². The van der Waals surface area contributed by atoms with Crippen LogP contribution < -0.4 is 5.32 Å². The van der Waals surface area contributed by atoms with Gasteiger partial charge < -0.3 is 9.73 Å². The second kappa shape index (κ2) is 7.96. The van der Waals surface area contributed by atoms with Crippen LogP contribution in [0.2, 0.25) is 0 Å². The molecule has 152 valence electrons. The quantitative estimate of drug-likeness (QED) is 0.334. The number of para-hydroxylation sites is 3. The van der Waals surface area contributed by atoms with Crippen LogP contribution in [0.25, 0.3) is 33.3 Å². The minimum absolute atomic E-state index is 0.204. The van der Waals surface area contributed by atoms with Crippen molar-refractivity contribution < 1.29 is 9.21 Å². The second-order valence-corrected chi connectivity index (χ2v) is 8.21. The number of rotatable bonds is 4. The molecule has 3 aromatic carbocycles. The lowest BCUT2D eigenvalue weighted by Crippen LogP contribution is -2.27. The Balaban J connectivity index is 1.52. The van der Waals surface area contributed by atoms with E-state index in [0.717, 1.165) is 32.1 Å². The molecule has 1 atom stereocenters. The first-order valence-corrected chi connectivity index (χ1v) is 10.7. The molecule has 1 amide bonds. The van der Waals surface area contributed by atoms with Gasteiger partial charge in [-0.15, -0.1) is 0 Å². The zero-order valence-corrected chi connectivity index (χ0v) is 18.3. The lowest BCUT2D eigenvalue weighted by Gasteiger charge is -2.13. The van der Waals surface area contributed by atoms with Crippen LogP contribution in [0.15, 0.2) is 87.8 Å². The van der Waals surface area contributed by atoms with Crippen molar-refractivity contribution in [1.29, 1.82) is 0 Å². The molecular formula is C25H18BrN3O2. The molecule has 0 fully saturated rings. The fourth-order valence-corrected chi connectivity index (χ4v) is 3.97. The maximum absolute atomic E-state index is 13.3. The number of benzene rings is 3. The van der Waals surface area contributed by atoms with Crippen LogP contribution >= 0.6 is 15.9 Å². The number of carbonyl (C=O) groups excluding carboxylic acids is 1. The number of fused-ring (bicyclic) bond motifs is 2. The van der Waals surface area contributed by atoms with Crippen molar-refractivity contribution >= 4 is 43.8 Å². The molecular weight excluding hydrogens is 454 g/mol. The van der Waals surface area contributed by atoms with E-state index < -0.39 is 0 Å². The molecule has 6 heteroatoms. The molecule has 0 saturated heterocycles. The zero-order chi connectivity index (χ0) is 21.4. The van der Waals surface area contributed by atoms with E-state index >= 15 is 0 Å². The van der Waals surface area contributed by atoms with E-state index in [1.807, 2.05) is 85.8 Å². The molecule has 5 aromatic rings. The number of aromatic nitrogens is 2. The smallest absolute Gasteiger partial charge is 0.252 e. The summed E-state index contributed by atoms with van der Waals surface area (Å²) < 4.78 is 6.77. The third-order valence-corrected chi connectivity index (χ3v) is 5.60. The summed E-state index contributed by atoms with van der Waals surface area (Å²) in [5.74, 6) is 0.268. The Morgan fingerprint density at radius 2 is 1.71 bits per heavy atom. The van der Waals surface area contributed by atoms with Gasteiger partial charge in [-0.05, 0) is 43.3 Å². The topological polar surface area (TPSA) is 68.0 Å². The molecule has 2 heterocycles. The van der Waals surface area contributed by atoms with Gasteiger partial charge in [-0.25, -0.2) is 9.97 Å². The lowest BCUT2D eigenvalue weighted by atomic mass is 10.0. The number of pyridine rings is 1. The monoisotopic (exact) mass is 471 g/mol. The highest BCUT2D eigenvalue weighted by molar-refractivity contribution is 9.10. The van der Waals surface area contributed by atoms with Crippen molar-refractivity contribution in [2.24, 2.45) is 0 Å². The third kappa shape index (κ3) is 3.82. The van der Waals surface area contributed by atoms with Crippen molar-refractivity contribution in [3.63, 3.8) is 0 Å². The van der Waals surface area contributed by atoms with Gasteiger partial charge in [0.1, 0.15) is 11.6 Å². The number of amides is 1. The number of nitrogens with zero attached hydrogens (tertiary/aromatic N) is 2. The molecule has 5 rings (SSSR count). The van der Waals surface area contributed by atoms with Crippen LogP contribution in [0, 0.1) is 0 Å². The molecule has 0 aliphatic rings. The Bertz CT molecular complexity index is 1390. The molecule has 31 heavy (non-hydrogen) atoms. The summed E-state index contributed by atoms with van der Waals surface area (Å²) >= 11 is 3.51. The van der Waals surface area contributed by atoms with Crippen LogP contribution in [-0.2, 0) is 0 Å². The molecule has 0 aliphatic carbocycles. The molecule has 0 bridgehead atoms. The molecule has 0 spiro atoms. The summed E-state index contributed by atoms with van der Waals surface area (Å²) in [6.07, 6.45) is 0. The predicted octanol–water partition coefficient (Wildman–Crippen LogP) is 6.30. The standard InChI is InChI=1S/C25H18BrN3O2/c1-15(25-29-21-11-4-5-12-23(21)31-25)27-24(30)19-14-22(16-7-6-8-17(26)13-16)28-20-10-3-2-9-18(19)20/h2-15H,1H3,(H,27,30). The Kier molecular flexibility index (Phi) is 5.00. The summed E-state index contributed by atoms with van der Waals surface area (Å²) in [5, 5.41) is 3.82. The van der Waals surface area contributed by atoms with E-state index in [2.05, 4.69) is 26.2 Å². The Hall–Kier alpha value is -3.51. The average molecular weight is 472 g/mol. The third-order valence-electron chi connectivity index (χ3n) is 5.11. The van der Waals surface area contributed by atoms with Gasteiger partial charge in [-0.1, -0.05) is 58.4 Å². The van der Waals surface area contributed by atoms with Crippen LogP contribution in [-0.4, -0.2) is 15.9 Å². The van der Waals surface area contributed by atoms with E-state index in [-0.39, 0.29) is 11.9 Å². The van der Waals surface area contributed by atoms with Crippen molar-refractivity contribution in [2.45, 2.75) is 13.0 Å². The van der Waals surface area contributed by atoms with Crippen LogP contribution in [0.4, 0.5) is 0 Å². The van der Waals surface area contributed by atoms with Gasteiger partial charge in [0.05, 0.1) is 16.8 Å². The number of halogens is 1. The largest absolute Gasteiger partial charge is 0.438 e. The molecule has 5 nitrogen and oxygen atoms in total. The van der Waals surface area contributed by atoms with E-state index in [0.29, 0.717) is 17.0 Å². The van der Waals surface area contributed by atoms with Crippen molar-refractivity contribution in [1.82, 2.24) is 15.3 Å². The number of oxazole rings is 1. The van der Waals surface area contributed by atoms with E-state index in [1.165, 1.54) is 0 Å². The van der Waals surface area contributed by atoms with Crippen LogP contribution in [0.1, 0.15) is 29.2 Å². The minimum Gasteiger partial charge on any atom is -0.438 e. The Morgan fingerprint density at radius 3 is 2.52 bits per heavy atom. The molecule has 1 N–H and O–H groups in total. The first-order chi connectivity index (χ1) is 15.1. The second-order valence-electron chi connectivity index (χ2n) is 7.30. The van der Waals surface area contributed by atoms with Gasteiger partial charge in [0, 0.05) is 15.4 Å². The molecule has 0 saturated carbocycles. The van der Waals surface area contributed by atoms with E-state index in [4.69, 9.17) is 9.40 Å². The number of hydrogen-bond acceptors (Lipinski definition) is 4. The van der Waals surface area contributed by atoms with Crippen molar-refractivity contribution in [2.75, 3.05) is 0 Å². The number of nitrogens with one attached hydrogen (secondary N) is 1. The Labute approximate surface area is 187 Å². The van der Waals surface area contributed by atoms with Crippen molar-refractivity contribution in [3.8, 4) is 11.3 Å². The fourth-order valence-electron chi connectivity index (χ4n) is 3.57. The maximum atomic E-state index is 13.3. The van der Waals surface area contributed by atoms with E-state index in [1.54, 1.807) is 0 Å². The molecule has 1 unspecified atom stereocenters. The summed E-state index contributed by atoms with van der Waals surface area (Å²) in [7, 11) is 0. The Morgan fingerprint density at radius 1 is 0.935 bits per heavy atom. The summed E-state index contributed by atoms with van der Waals surface area (Å²) in [5.41, 5.74) is 4.46. The summed E-state index contributed by atoms with van der Waals surface area (Å²) in [4.78, 5) is 22.6. The van der Waals surface area contributed by atoms with Gasteiger partial charge >= 0.3 is 0 Å². The summed E-state index contributed by atoms with van der Waals surface area (Å²) in [6, 6.07) is 24.5. The normalized spacial score (nSPS) is 12.2. The SMILES string of the molecule is CC(NC(=O)c1cc(-c2cccc(Br)c2)nc2ccccc12)c1nc2ccccc2o1. The minimum atomic E-state index is -0.388. The molecule has 0 aliphatic heterocycles. The highest BCUT2D eigenvalue weighted by Crippen LogP contribution is 2.27. The van der Waals surface area contributed by atoms with Gasteiger partial charge in [-0.2, -0.15) is 0 Å². The fraction of sp³-hybridized carbons (Fsp3) is 0.0800. The van der Waals surface area contributed by atoms with Crippen LogP contribution in [0.5, 0.6) is 0 Å². The first-order valence-electron chi connectivity index (χ1n) is 9.90. The predicted molar refractivity (Wildman–Crippen MR) is 125 cm³/mol. The average Bonchev–Trinajstić information content (AvgIpc) is 3.23.